The van der Waals surface area contributed by atoms with Gasteiger partial charge in [0.2, 0.25) is 0 Å². The predicted octanol–water partition coefficient (Wildman–Crippen LogP) is 4.64. The highest BCUT2D eigenvalue weighted by Gasteiger charge is 2.19. The first-order chi connectivity index (χ1) is 10.7. The van der Waals surface area contributed by atoms with Crippen LogP contribution in [0.3, 0.4) is 0 Å². The van der Waals surface area contributed by atoms with Gasteiger partial charge in [0.1, 0.15) is 5.75 Å². The van der Waals surface area contributed by atoms with Gasteiger partial charge in [0.15, 0.2) is 5.78 Å². The zero-order valence-corrected chi connectivity index (χ0v) is 12.4. The highest BCUT2D eigenvalue weighted by molar-refractivity contribution is 6.01. The first-order valence-corrected chi connectivity index (χ1v) is 7.49. The Balaban J connectivity index is 1.79. The van der Waals surface area contributed by atoms with E-state index < -0.39 is 0 Å². The molecule has 4 rings (SSSR count). The maximum absolute atomic E-state index is 11.7. The molecule has 0 unspecified atom stereocenters. The number of methoxy groups -OCH3 is 1. The summed E-state index contributed by atoms with van der Waals surface area (Å²) in [6, 6.07) is 18.7. The molecule has 0 N–H and O–H groups in total. The first kappa shape index (κ1) is 13.1. The van der Waals surface area contributed by atoms with E-state index in [0.717, 1.165) is 17.7 Å². The van der Waals surface area contributed by atoms with Gasteiger partial charge in [-0.05, 0) is 52.1 Å². The van der Waals surface area contributed by atoms with Gasteiger partial charge in [-0.15, -0.1) is 0 Å². The van der Waals surface area contributed by atoms with Crippen molar-refractivity contribution in [3.8, 4) is 16.9 Å². The van der Waals surface area contributed by atoms with Crippen LogP contribution in [0, 0.1) is 0 Å². The Morgan fingerprint density at radius 3 is 2.41 bits per heavy atom. The van der Waals surface area contributed by atoms with Gasteiger partial charge in [0.25, 0.3) is 0 Å². The van der Waals surface area contributed by atoms with Crippen molar-refractivity contribution in [1.29, 1.82) is 0 Å². The van der Waals surface area contributed by atoms with E-state index in [2.05, 4.69) is 30.3 Å². The van der Waals surface area contributed by atoms with Crippen LogP contribution in [0.25, 0.3) is 21.9 Å². The summed E-state index contributed by atoms with van der Waals surface area (Å²) in [5.41, 5.74) is 4.43. The summed E-state index contributed by atoms with van der Waals surface area (Å²) in [4.78, 5) is 11.7. The third-order valence-corrected chi connectivity index (χ3v) is 4.41. The molecule has 0 saturated carbocycles. The predicted molar refractivity (Wildman–Crippen MR) is 88.6 cm³/mol. The minimum atomic E-state index is 0.271. The van der Waals surface area contributed by atoms with Gasteiger partial charge in [0.05, 0.1) is 7.11 Å². The number of aryl methyl sites for hydroxylation is 1. The maximum Gasteiger partial charge on any atom is 0.163 e. The molecule has 2 nitrogen and oxygen atoms in total. The third-order valence-electron chi connectivity index (χ3n) is 4.41. The van der Waals surface area contributed by atoms with Crippen molar-refractivity contribution >= 4 is 16.6 Å². The van der Waals surface area contributed by atoms with E-state index in [0.29, 0.717) is 6.42 Å². The monoisotopic (exact) mass is 288 g/mol. The Bertz CT molecular complexity index is 893. The van der Waals surface area contributed by atoms with Gasteiger partial charge in [0, 0.05) is 12.0 Å². The van der Waals surface area contributed by atoms with Crippen LogP contribution in [-0.2, 0) is 6.42 Å². The number of hydrogen-bond acceptors (Lipinski definition) is 2. The highest BCUT2D eigenvalue weighted by Crippen LogP contribution is 2.30. The zero-order valence-electron chi connectivity index (χ0n) is 12.4. The molecular weight excluding hydrogens is 272 g/mol. The minimum Gasteiger partial charge on any atom is -0.497 e. The molecule has 1 aliphatic rings. The topological polar surface area (TPSA) is 26.3 Å². The van der Waals surface area contributed by atoms with Crippen molar-refractivity contribution in [2.75, 3.05) is 7.11 Å². The van der Waals surface area contributed by atoms with E-state index in [9.17, 15) is 4.79 Å². The van der Waals surface area contributed by atoms with Crippen molar-refractivity contribution in [3.05, 3.63) is 65.7 Å². The van der Waals surface area contributed by atoms with E-state index >= 15 is 0 Å². The van der Waals surface area contributed by atoms with Crippen LogP contribution in [0.4, 0.5) is 0 Å². The second-order valence-electron chi connectivity index (χ2n) is 5.72. The molecule has 108 valence electrons. The van der Waals surface area contributed by atoms with Crippen molar-refractivity contribution in [2.24, 2.45) is 0 Å². The number of ether oxygens (including phenoxy) is 1. The van der Waals surface area contributed by atoms with Crippen molar-refractivity contribution in [1.82, 2.24) is 0 Å². The van der Waals surface area contributed by atoms with Crippen molar-refractivity contribution in [2.45, 2.75) is 12.8 Å². The number of fused-ring (bicyclic) bond motifs is 2. The lowest BCUT2D eigenvalue weighted by Gasteiger charge is -2.07. The van der Waals surface area contributed by atoms with E-state index in [1.807, 2.05) is 24.3 Å². The number of hydrogen-bond donors (Lipinski definition) is 0. The highest BCUT2D eigenvalue weighted by atomic mass is 16.5. The van der Waals surface area contributed by atoms with Gasteiger partial charge in [-0.2, -0.15) is 0 Å². The standard InChI is InChI=1S/C20H16O2/c1-22-18-7-4-14-10-13(2-3-16(14)12-18)15-5-8-19-17(11-15)6-9-20(19)21/h2-5,7-8,10-12H,6,9H2,1H3. The zero-order chi connectivity index (χ0) is 15.1. The van der Waals surface area contributed by atoms with Crippen LogP contribution < -0.4 is 4.74 Å². The molecule has 3 aromatic carbocycles. The van der Waals surface area contributed by atoms with Crippen LogP contribution in [0.15, 0.2) is 54.6 Å². The molecule has 2 heteroatoms. The van der Waals surface area contributed by atoms with Crippen LogP contribution in [0.1, 0.15) is 22.3 Å². The molecule has 3 aromatic rings. The summed E-state index contributed by atoms with van der Waals surface area (Å²) in [6.45, 7) is 0. The van der Waals surface area contributed by atoms with Crippen molar-refractivity contribution < 1.29 is 9.53 Å². The number of Topliss-reactive ketones (excluding diaryl/α,β-unsaturated/α-hetero) is 1. The van der Waals surface area contributed by atoms with Crippen LogP contribution >= 0.6 is 0 Å². The molecule has 0 radical (unpaired) electrons. The Kier molecular flexibility index (Phi) is 2.97. The number of ketones is 1. The lowest BCUT2D eigenvalue weighted by Crippen LogP contribution is -1.91. The molecule has 1 aliphatic carbocycles. The molecule has 0 heterocycles. The van der Waals surface area contributed by atoms with Gasteiger partial charge in [-0.3, -0.25) is 4.79 Å². The first-order valence-electron chi connectivity index (χ1n) is 7.49. The number of carbonyl (C=O) groups is 1. The second-order valence-corrected chi connectivity index (χ2v) is 5.72. The van der Waals surface area contributed by atoms with Gasteiger partial charge < -0.3 is 4.74 Å². The van der Waals surface area contributed by atoms with Crippen LogP contribution in [-0.4, -0.2) is 12.9 Å². The fourth-order valence-corrected chi connectivity index (χ4v) is 3.17. The number of benzene rings is 3. The third kappa shape index (κ3) is 2.08. The fourth-order valence-electron chi connectivity index (χ4n) is 3.17. The molecule has 0 aliphatic heterocycles. The van der Waals surface area contributed by atoms with E-state index in [1.165, 1.54) is 27.5 Å². The molecule has 0 saturated heterocycles. The fraction of sp³-hybridized carbons (Fsp3) is 0.150. The lowest BCUT2D eigenvalue weighted by molar-refractivity contribution is 0.0994. The normalized spacial score (nSPS) is 13.4. The van der Waals surface area contributed by atoms with E-state index in [4.69, 9.17) is 4.74 Å². The van der Waals surface area contributed by atoms with E-state index in [1.54, 1.807) is 7.11 Å². The van der Waals surface area contributed by atoms with Gasteiger partial charge in [-0.1, -0.05) is 36.4 Å². The number of carbonyl (C=O) groups excluding carboxylic acids is 1. The quantitative estimate of drug-likeness (QED) is 0.686. The number of rotatable bonds is 2. The summed E-state index contributed by atoms with van der Waals surface area (Å²) < 4.78 is 5.27. The van der Waals surface area contributed by atoms with Crippen molar-refractivity contribution in [3.63, 3.8) is 0 Å². The minimum absolute atomic E-state index is 0.271. The second kappa shape index (κ2) is 4.99. The molecular formula is C20H16O2. The van der Waals surface area contributed by atoms with Gasteiger partial charge >= 0.3 is 0 Å². The Morgan fingerprint density at radius 1 is 0.818 bits per heavy atom. The average molecular weight is 288 g/mol. The average Bonchev–Trinajstić information content (AvgIpc) is 2.94. The Hall–Kier alpha value is -2.61. The molecule has 22 heavy (non-hydrogen) atoms. The Labute approximate surface area is 129 Å². The smallest absolute Gasteiger partial charge is 0.163 e. The molecule has 0 atom stereocenters. The summed E-state index contributed by atoms with van der Waals surface area (Å²) in [7, 11) is 1.68. The summed E-state index contributed by atoms with van der Waals surface area (Å²) in [5.74, 6) is 1.14. The lowest BCUT2D eigenvalue weighted by atomic mass is 9.98. The summed E-state index contributed by atoms with van der Waals surface area (Å²) in [5, 5.41) is 2.36. The van der Waals surface area contributed by atoms with Crippen LogP contribution in [0.2, 0.25) is 0 Å². The molecule has 0 amide bonds. The summed E-state index contributed by atoms with van der Waals surface area (Å²) >= 11 is 0. The maximum atomic E-state index is 11.7. The molecule has 0 spiro atoms. The van der Waals surface area contributed by atoms with E-state index in [-0.39, 0.29) is 5.78 Å². The molecule has 0 bridgehead atoms. The SMILES string of the molecule is COc1ccc2cc(-c3ccc4c(c3)CCC4=O)ccc2c1. The van der Waals surface area contributed by atoms with Crippen LogP contribution in [0.5, 0.6) is 5.75 Å². The largest absolute Gasteiger partial charge is 0.497 e. The summed E-state index contributed by atoms with van der Waals surface area (Å²) in [6.07, 6.45) is 1.52. The van der Waals surface area contributed by atoms with Gasteiger partial charge in [-0.25, -0.2) is 0 Å². The Morgan fingerprint density at radius 2 is 1.55 bits per heavy atom. The molecule has 0 aromatic heterocycles. The molecule has 0 fully saturated rings.